The van der Waals surface area contributed by atoms with E-state index < -0.39 is 5.97 Å². The van der Waals surface area contributed by atoms with E-state index in [0.29, 0.717) is 5.69 Å². The van der Waals surface area contributed by atoms with Gasteiger partial charge in [0.25, 0.3) is 0 Å². The van der Waals surface area contributed by atoms with E-state index in [1.54, 1.807) is 42.5 Å². The predicted molar refractivity (Wildman–Crippen MR) is 67.7 cm³/mol. The Labute approximate surface area is 104 Å². The average molecular weight is 243 g/mol. The summed E-state index contributed by atoms with van der Waals surface area (Å²) >= 11 is 0. The van der Waals surface area contributed by atoms with Crippen molar-refractivity contribution >= 4 is 17.6 Å². The van der Waals surface area contributed by atoms with E-state index >= 15 is 0 Å². The van der Waals surface area contributed by atoms with Crippen molar-refractivity contribution < 1.29 is 9.90 Å². The van der Waals surface area contributed by atoms with Crippen molar-refractivity contribution in [2.75, 3.05) is 0 Å². The molecule has 5 nitrogen and oxygen atoms in total. The molecular formula is C13H13N3O2. The van der Waals surface area contributed by atoms with E-state index in [1.807, 2.05) is 13.0 Å². The number of aryl methyl sites for hydroxylation is 2. The predicted octanol–water partition coefficient (Wildman–Crippen LogP) is 1.75. The lowest BCUT2D eigenvalue weighted by Gasteiger charge is -2.04. The van der Waals surface area contributed by atoms with Gasteiger partial charge in [-0.25, -0.2) is 4.79 Å². The van der Waals surface area contributed by atoms with Gasteiger partial charge in [0.15, 0.2) is 0 Å². The Morgan fingerprint density at radius 2 is 2.28 bits per heavy atom. The fraction of sp³-hybridized carbons (Fsp3) is 0.154. The zero-order valence-corrected chi connectivity index (χ0v) is 10.2. The summed E-state index contributed by atoms with van der Waals surface area (Å²) in [5.41, 5.74) is 2.21. The summed E-state index contributed by atoms with van der Waals surface area (Å²) < 4.78 is 1.62. The van der Waals surface area contributed by atoms with Crippen molar-refractivity contribution in [1.29, 1.82) is 0 Å². The molecule has 0 bridgehead atoms. The van der Waals surface area contributed by atoms with Crippen LogP contribution < -0.4 is 0 Å². The molecule has 92 valence electrons. The summed E-state index contributed by atoms with van der Waals surface area (Å²) in [5.74, 6) is -0.999. The minimum atomic E-state index is -0.999. The highest BCUT2D eigenvalue weighted by Gasteiger charge is 2.14. The second kappa shape index (κ2) is 4.83. The maximum absolute atomic E-state index is 11.3. The van der Waals surface area contributed by atoms with Gasteiger partial charge in [-0.05, 0) is 24.6 Å². The van der Waals surface area contributed by atoms with Crippen LogP contribution in [0.25, 0.3) is 11.6 Å². The van der Waals surface area contributed by atoms with Crippen molar-refractivity contribution in [3.8, 4) is 0 Å². The Morgan fingerprint density at radius 1 is 1.50 bits per heavy atom. The monoisotopic (exact) mass is 243 g/mol. The largest absolute Gasteiger partial charge is 0.478 e. The van der Waals surface area contributed by atoms with Gasteiger partial charge in [0.1, 0.15) is 0 Å². The molecule has 0 unspecified atom stereocenters. The molecule has 0 aromatic carbocycles. The SMILES string of the molecule is Cc1cccnc1/C(=C\c1cnn(C)c1)C(=O)O. The molecule has 2 rings (SSSR count). The second-order valence-electron chi connectivity index (χ2n) is 3.98. The summed E-state index contributed by atoms with van der Waals surface area (Å²) in [4.78, 5) is 15.5. The Morgan fingerprint density at radius 3 is 2.83 bits per heavy atom. The van der Waals surface area contributed by atoms with Crippen LogP contribution in [0.4, 0.5) is 0 Å². The van der Waals surface area contributed by atoms with Crippen molar-refractivity contribution in [3.63, 3.8) is 0 Å². The maximum atomic E-state index is 11.3. The van der Waals surface area contributed by atoms with E-state index in [9.17, 15) is 9.90 Å². The highest BCUT2D eigenvalue weighted by molar-refractivity contribution is 6.20. The fourth-order valence-corrected chi connectivity index (χ4v) is 1.68. The van der Waals surface area contributed by atoms with E-state index in [1.165, 1.54) is 0 Å². The van der Waals surface area contributed by atoms with Gasteiger partial charge in [0.05, 0.1) is 17.5 Å². The molecule has 0 fully saturated rings. The molecule has 0 saturated heterocycles. The maximum Gasteiger partial charge on any atom is 0.337 e. The standard InChI is InChI=1S/C13H13N3O2/c1-9-4-3-5-14-12(9)11(13(17)18)6-10-7-15-16(2)8-10/h3-8H,1-2H3,(H,17,18)/b11-6+. The van der Waals surface area contributed by atoms with Gasteiger partial charge in [-0.15, -0.1) is 0 Å². The van der Waals surface area contributed by atoms with Gasteiger partial charge in [-0.2, -0.15) is 5.10 Å². The summed E-state index contributed by atoms with van der Waals surface area (Å²) in [7, 11) is 1.78. The molecule has 0 saturated carbocycles. The Hall–Kier alpha value is -2.43. The number of pyridine rings is 1. The van der Waals surface area contributed by atoms with E-state index in [4.69, 9.17) is 0 Å². The Bertz CT molecular complexity index is 614. The molecule has 5 heteroatoms. The Kier molecular flexibility index (Phi) is 3.23. The number of aromatic nitrogens is 3. The first-order valence-electron chi connectivity index (χ1n) is 5.43. The van der Waals surface area contributed by atoms with Crippen LogP contribution in [-0.4, -0.2) is 25.8 Å². The molecule has 0 aliphatic heterocycles. The van der Waals surface area contributed by atoms with Gasteiger partial charge in [0.2, 0.25) is 0 Å². The minimum absolute atomic E-state index is 0.168. The first-order chi connectivity index (χ1) is 8.58. The number of aliphatic carboxylic acids is 1. The van der Waals surface area contributed by atoms with Crippen LogP contribution in [0.5, 0.6) is 0 Å². The van der Waals surface area contributed by atoms with Gasteiger partial charge in [-0.1, -0.05) is 6.07 Å². The van der Waals surface area contributed by atoms with E-state index in [0.717, 1.165) is 11.1 Å². The molecule has 18 heavy (non-hydrogen) atoms. The highest BCUT2D eigenvalue weighted by atomic mass is 16.4. The van der Waals surface area contributed by atoms with Crippen LogP contribution in [0.2, 0.25) is 0 Å². The molecule has 2 heterocycles. The summed E-state index contributed by atoms with van der Waals surface area (Å²) in [6.45, 7) is 1.84. The number of carbonyl (C=O) groups is 1. The molecule has 0 spiro atoms. The third kappa shape index (κ3) is 2.45. The van der Waals surface area contributed by atoms with Crippen LogP contribution in [0.3, 0.4) is 0 Å². The number of nitrogens with zero attached hydrogens (tertiary/aromatic N) is 3. The number of rotatable bonds is 3. The first kappa shape index (κ1) is 12.0. The van der Waals surface area contributed by atoms with Crippen LogP contribution in [-0.2, 0) is 11.8 Å². The van der Waals surface area contributed by atoms with Crippen LogP contribution in [0, 0.1) is 6.92 Å². The Balaban J connectivity index is 2.50. The van der Waals surface area contributed by atoms with Crippen LogP contribution in [0.1, 0.15) is 16.8 Å². The van der Waals surface area contributed by atoms with Gasteiger partial charge >= 0.3 is 5.97 Å². The van der Waals surface area contributed by atoms with E-state index in [2.05, 4.69) is 10.1 Å². The van der Waals surface area contributed by atoms with Gasteiger partial charge in [-0.3, -0.25) is 9.67 Å². The first-order valence-corrected chi connectivity index (χ1v) is 5.43. The number of hydrogen-bond donors (Lipinski definition) is 1. The quantitative estimate of drug-likeness (QED) is 0.834. The van der Waals surface area contributed by atoms with Crippen molar-refractivity contribution in [2.24, 2.45) is 7.05 Å². The normalized spacial score (nSPS) is 11.6. The van der Waals surface area contributed by atoms with E-state index in [-0.39, 0.29) is 5.57 Å². The molecule has 0 aliphatic rings. The zero-order valence-electron chi connectivity index (χ0n) is 10.2. The van der Waals surface area contributed by atoms with Crippen LogP contribution >= 0.6 is 0 Å². The third-order valence-corrected chi connectivity index (χ3v) is 2.53. The molecule has 2 aromatic rings. The van der Waals surface area contributed by atoms with Crippen molar-refractivity contribution in [2.45, 2.75) is 6.92 Å². The van der Waals surface area contributed by atoms with Gasteiger partial charge < -0.3 is 5.11 Å². The summed E-state index contributed by atoms with van der Waals surface area (Å²) in [5, 5.41) is 13.3. The number of carboxylic acids is 1. The average Bonchev–Trinajstić information content (AvgIpc) is 2.73. The second-order valence-corrected chi connectivity index (χ2v) is 3.98. The van der Waals surface area contributed by atoms with Crippen LogP contribution in [0.15, 0.2) is 30.7 Å². The smallest absolute Gasteiger partial charge is 0.337 e. The molecule has 0 atom stereocenters. The molecule has 2 aromatic heterocycles. The molecule has 0 radical (unpaired) electrons. The number of hydrogen-bond acceptors (Lipinski definition) is 3. The molecule has 0 aliphatic carbocycles. The summed E-state index contributed by atoms with van der Waals surface area (Å²) in [6.07, 6.45) is 6.52. The van der Waals surface area contributed by atoms with Gasteiger partial charge in [0, 0.05) is 25.0 Å². The lowest BCUT2D eigenvalue weighted by molar-refractivity contribution is -0.130. The minimum Gasteiger partial charge on any atom is -0.478 e. The zero-order chi connectivity index (χ0) is 13.1. The highest BCUT2D eigenvalue weighted by Crippen LogP contribution is 2.19. The van der Waals surface area contributed by atoms with Crippen molar-refractivity contribution in [3.05, 3.63) is 47.5 Å². The topological polar surface area (TPSA) is 68.0 Å². The fourth-order valence-electron chi connectivity index (χ4n) is 1.68. The number of carboxylic acid groups (broad SMARTS) is 1. The van der Waals surface area contributed by atoms with Crippen molar-refractivity contribution in [1.82, 2.24) is 14.8 Å². The lowest BCUT2D eigenvalue weighted by atomic mass is 10.1. The molecule has 0 amide bonds. The summed E-state index contributed by atoms with van der Waals surface area (Å²) in [6, 6.07) is 3.62. The third-order valence-electron chi connectivity index (χ3n) is 2.53. The molecule has 1 N–H and O–H groups in total. The molecular weight excluding hydrogens is 230 g/mol. The lowest BCUT2D eigenvalue weighted by Crippen LogP contribution is -2.03.